The highest BCUT2D eigenvalue weighted by Crippen LogP contribution is 2.18. The second-order valence-electron chi connectivity index (χ2n) is 6.74. The maximum Gasteiger partial charge on any atom is 0.296 e. The van der Waals surface area contributed by atoms with E-state index in [1.54, 1.807) is 61.2 Å². The molecule has 8 nitrogen and oxygen atoms in total. The van der Waals surface area contributed by atoms with Gasteiger partial charge in [-0.25, -0.2) is 0 Å². The number of furan rings is 2. The predicted molar refractivity (Wildman–Crippen MR) is 118 cm³/mol. The molecule has 0 unspecified atom stereocenters. The molecule has 0 aliphatic heterocycles. The average molecular weight is 446 g/mol. The monoisotopic (exact) mass is 446 g/mol. The highest BCUT2D eigenvalue weighted by atomic mass is 32.1. The molecule has 0 saturated heterocycles. The molecule has 0 N–H and O–H groups in total. The SMILES string of the molecule is O=C(c1ccco1)N(Cc1cccnc1)C(=S)N(Cc1cccnc1)C(=O)c1ccco1. The van der Waals surface area contributed by atoms with Crippen LogP contribution < -0.4 is 0 Å². The Morgan fingerprint density at radius 2 is 1.22 bits per heavy atom. The first kappa shape index (κ1) is 21.1. The molecule has 0 fully saturated rings. The molecule has 0 radical (unpaired) electrons. The van der Waals surface area contributed by atoms with E-state index in [0.29, 0.717) is 0 Å². The predicted octanol–water partition coefficient (Wildman–Crippen LogP) is 3.93. The first-order valence-electron chi connectivity index (χ1n) is 9.66. The molecule has 0 aromatic carbocycles. The van der Waals surface area contributed by atoms with E-state index in [9.17, 15) is 9.59 Å². The summed E-state index contributed by atoms with van der Waals surface area (Å²) in [6, 6.07) is 13.5. The molecule has 4 rings (SSSR count). The summed E-state index contributed by atoms with van der Waals surface area (Å²) in [5.74, 6) is -0.759. The van der Waals surface area contributed by atoms with Crippen LogP contribution in [0.2, 0.25) is 0 Å². The van der Waals surface area contributed by atoms with Crippen molar-refractivity contribution < 1.29 is 18.4 Å². The van der Waals surface area contributed by atoms with Gasteiger partial charge in [0, 0.05) is 24.8 Å². The first-order valence-corrected chi connectivity index (χ1v) is 10.1. The van der Waals surface area contributed by atoms with Crippen molar-refractivity contribution in [3.8, 4) is 0 Å². The molecule has 0 atom stereocenters. The number of nitrogens with zero attached hydrogens (tertiary/aromatic N) is 4. The van der Waals surface area contributed by atoms with Crippen molar-refractivity contribution in [3.63, 3.8) is 0 Å². The van der Waals surface area contributed by atoms with Gasteiger partial charge in [0.15, 0.2) is 16.6 Å². The standard InChI is InChI=1S/C23H18N4O4S/c28-21(19-7-3-11-30-19)26(15-17-5-1-9-24-13-17)23(32)27(16-18-6-2-10-25-14-18)22(29)20-8-4-12-31-20/h1-14H,15-16H2. The van der Waals surface area contributed by atoms with Gasteiger partial charge in [0.05, 0.1) is 25.6 Å². The number of thiocarbonyl (C=S) groups is 1. The average Bonchev–Trinajstić information content (AvgIpc) is 3.56. The summed E-state index contributed by atoms with van der Waals surface area (Å²) in [7, 11) is 0. The molecule has 2 amide bonds. The second-order valence-corrected chi connectivity index (χ2v) is 7.11. The van der Waals surface area contributed by atoms with Crippen molar-refractivity contribution in [2.45, 2.75) is 13.1 Å². The molecule has 0 aliphatic rings. The summed E-state index contributed by atoms with van der Waals surface area (Å²) in [6.07, 6.45) is 9.33. The smallest absolute Gasteiger partial charge is 0.296 e. The van der Waals surface area contributed by atoms with Crippen LogP contribution in [-0.4, -0.2) is 36.7 Å². The van der Waals surface area contributed by atoms with Crippen LogP contribution >= 0.6 is 12.2 Å². The molecule has 4 aromatic rings. The Kier molecular flexibility index (Phi) is 6.47. The van der Waals surface area contributed by atoms with Crippen LogP contribution in [-0.2, 0) is 13.1 Å². The quantitative estimate of drug-likeness (QED) is 0.414. The topological polar surface area (TPSA) is 92.7 Å². The van der Waals surface area contributed by atoms with Crippen molar-refractivity contribution in [2.24, 2.45) is 0 Å². The highest BCUT2D eigenvalue weighted by Gasteiger charge is 2.31. The van der Waals surface area contributed by atoms with E-state index in [1.807, 2.05) is 12.1 Å². The second kappa shape index (κ2) is 9.80. The van der Waals surface area contributed by atoms with Crippen LogP contribution in [0, 0.1) is 0 Å². The van der Waals surface area contributed by atoms with E-state index in [4.69, 9.17) is 21.1 Å². The van der Waals surface area contributed by atoms with Gasteiger partial charge in [-0.2, -0.15) is 0 Å². The number of carbonyl (C=O) groups excluding carboxylic acids is 2. The van der Waals surface area contributed by atoms with Gasteiger partial charge in [0.2, 0.25) is 0 Å². The molecule has 160 valence electrons. The minimum Gasteiger partial charge on any atom is -0.459 e. The van der Waals surface area contributed by atoms with Crippen LogP contribution in [0.15, 0.2) is 94.7 Å². The van der Waals surface area contributed by atoms with E-state index in [-0.39, 0.29) is 29.7 Å². The lowest BCUT2D eigenvalue weighted by atomic mass is 10.2. The Morgan fingerprint density at radius 3 is 1.56 bits per heavy atom. The molecular formula is C23H18N4O4S. The number of hydrogen-bond acceptors (Lipinski definition) is 7. The third kappa shape index (κ3) is 4.79. The van der Waals surface area contributed by atoms with Gasteiger partial charge >= 0.3 is 0 Å². The van der Waals surface area contributed by atoms with Gasteiger partial charge in [0.1, 0.15) is 0 Å². The molecule has 0 saturated carbocycles. The van der Waals surface area contributed by atoms with Gasteiger partial charge in [-0.05, 0) is 59.7 Å². The van der Waals surface area contributed by atoms with Crippen LogP contribution in [0.4, 0.5) is 0 Å². The number of carbonyl (C=O) groups is 2. The number of pyridine rings is 2. The molecule has 4 heterocycles. The highest BCUT2D eigenvalue weighted by molar-refractivity contribution is 7.80. The molecule has 32 heavy (non-hydrogen) atoms. The Hall–Kier alpha value is -4.11. The summed E-state index contributed by atoms with van der Waals surface area (Å²) >= 11 is 5.68. The number of hydrogen-bond donors (Lipinski definition) is 0. The lowest BCUT2D eigenvalue weighted by Gasteiger charge is -2.30. The van der Waals surface area contributed by atoms with Crippen molar-refractivity contribution in [2.75, 3.05) is 0 Å². The van der Waals surface area contributed by atoms with Gasteiger partial charge < -0.3 is 8.83 Å². The van der Waals surface area contributed by atoms with Gasteiger partial charge in [-0.15, -0.1) is 0 Å². The fraction of sp³-hybridized carbons (Fsp3) is 0.0870. The Bertz CT molecular complexity index is 1090. The van der Waals surface area contributed by atoms with E-state index in [2.05, 4.69) is 9.97 Å². The van der Waals surface area contributed by atoms with Gasteiger partial charge in [-0.1, -0.05) is 12.1 Å². The zero-order valence-electron chi connectivity index (χ0n) is 16.8. The Labute approximate surface area is 189 Å². The summed E-state index contributed by atoms with van der Waals surface area (Å²) in [6.45, 7) is 0.197. The number of amides is 2. The van der Waals surface area contributed by atoms with E-state index in [1.165, 1.54) is 22.3 Å². The normalized spacial score (nSPS) is 10.5. The zero-order chi connectivity index (χ0) is 22.3. The summed E-state index contributed by atoms with van der Waals surface area (Å²) in [5.41, 5.74) is 1.48. The zero-order valence-corrected chi connectivity index (χ0v) is 17.6. The lowest BCUT2D eigenvalue weighted by molar-refractivity contribution is 0.0743. The van der Waals surface area contributed by atoms with Crippen LogP contribution in [0.1, 0.15) is 32.2 Å². The first-order chi connectivity index (χ1) is 15.6. The molecule has 0 bridgehead atoms. The Balaban J connectivity index is 1.70. The minimum atomic E-state index is -0.479. The van der Waals surface area contributed by atoms with Crippen molar-refractivity contribution in [3.05, 3.63) is 108 Å². The summed E-state index contributed by atoms with van der Waals surface area (Å²) < 4.78 is 10.6. The van der Waals surface area contributed by atoms with E-state index >= 15 is 0 Å². The minimum absolute atomic E-state index is 0.000469. The van der Waals surface area contributed by atoms with E-state index in [0.717, 1.165) is 11.1 Å². The van der Waals surface area contributed by atoms with Gasteiger partial charge in [-0.3, -0.25) is 29.4 Å². The molecule has 4 aromatic heterocycles. The van der Waals surface area contributed by atoms with Crippen LogP contribution in [0.5, 0.6) is 0 Å². The third-order valence-electron chi connectivity index (χ3n) is 4.54. The maximum absolute atomic E-state index is 13.3. The largest absolute Gasteiger partial charge is 0.459 e. The maximum atomic E-state index is 13.3. The van der Waals surface area contributed by atoms with Crippen molar-refractivity contribution in [1.82, 2.24) is 19.8 Å². The third-order valence-corrected chi connectivity index (χ3v) is 4.98. The molecular weight excluding hydrogens is 428 g/mol. The van der Waals surface area contributed by atoms with Crippen molar-refractivity contribution in [1.29, 1.82) is 0 Å². The summed E-state index contributed by atoms with van der Waals surface area (Å²) in [4.78, 5) is 37.4. The Morgan fingerprint density at radius 1 is 0.750 bits per heavy atom. The summed E-state index contributed by atoms with van der Waals surface area (Å²) in [5, 5.41) is 0.000469. The lowest BCUT2D eigenvalue weighted by Crippen LogP contribution is -2.47. The fourth-order valence-corrected chi connectivity index (χ4v) is 3.31. The van der Waals surface area contributed by atoms with Crippen LogP contribution in [0.25, 0.3) is 0 Å². The molecule has 0 aliphatic carbocycles. The number of rotatable bonds is 6. The molecule has 0 spiro atoms. The van der Waals surface area contributed by atoms with Gasteiger partial charge in [0.25, 0.3) is 11.8 Å². The fourth-order valence-electron chi connectivity index (χ4n) is 3.01. The number of aromatic nitrogens is 2. The van der Waals surface area contributed by atoms with E-state index < -0.39 is 11.8 Å². The molecule has 9 heteroatoms. The van der Waals surface area contributed by atoms with Crippen LogP contribution in [0.3, 0.4) is 0 Å². The van der Waals surface area contributed by atoms with Crippen molar-refractivity contribution >= 4 is 29.1 Å².